The van der Waals surface area contributed by atoms with Crippen molar-refractivity contribution < 1.29 is 8.42 Å². The van der Waals surface area contributed by atoms with Crippen LogP contribution in [0.15, 0.2) is 16.3 Å². The first-order chi connectivity index (χ1) is 8.62. The van der Waals surface area contributed by atoms with Gasteiger partial charge in [-0.2, -0.15) is 0 Å². The molecule has 1 aliphatic rings. The van der Waals surface area contributed by atoms with Gasteiger partial charge in [-0.1, -0.05) is 19.3 Å². The van der Waals surface area contributed by atoms with Gasteiger partial charge in [0.1, 0.15) is 0 Å². The van der Waals surface area contributed by atoms with Crippen molar-refractivity contribution in [3.63, 3.8) is 0 Å². The molecule has 2 N–H and O–H groups in total. The quantitative estimate of drug-likeness (QED) is 0.806. The van der Waals surface area contributed by atoms with Crippen LogP contribution in [0.2, 0.25) is 0 Å². The second-order valence-electron chi connectivity index (χ2n) is 4.76. The van der Waals surface area contributed by atoms with Crippen LogP contribution in [0.1, 0.15) is 30.6 Å². The van der Waals surface area contributed by atoms with Crippen LogP contribution in [0.4, 0.5) is 0 Å². The molecule has 0 amide bonds. The monoisotopic (exact) mass is 288 g/mol. The molecule has 0 aliphatic heterocycles. The summed E-state index contributed by atoms with van der Waals surface area (Å²) in [5.74, 6) is 0.732. The Morgan fingerprint density at radius 2 is 2.22 bits per heavy atom. The van der Waals surface area contributed by atoms with Crippen molar-refractivity contribution in [2.45, 2.75) is 37.1 Å². The Hall–Kier alpha value is -0.430. The van der Waals surface area contributed by atoms with Gasteiger partial charge in [-0.3, -0.25) is 0 Å². The van der Waals surface area contributed by atoms with E-state index in [1.54, 1.807) is 11.4 Å². The van der Waals surface area contributed by atoms with Gasteiger partial charge in [0.05, 0.1) is 4.90 Å². The van der Waals surface area contributed by atoms with E-state index in [4.69, 9.17) is 0 Å². The molecule has 18 heavy (non-hydrogen) atoms. The zero-order chi connectivity index (χ0) is 13.0. The Kier molecular flexibility index (Phi) is 4.77. The van der Waals surface area contributed by atoms with E-state index in [0.29, 0.717) is 18.0 Å². The van der Waals surface area contributed by atoms with Crippen LogP contribution in [0.3, 0.4) is 0 Å². The standard InChI is InChI=1S/C12H20N2O2S2/c1-13-8-11-7-12(9-17-11)18(15,16)14-6-5-10-3-2-4-10/h7,9-10,13-14H,2-6,8H2,1H3. The molecular formula is C12H20N2O2S2. The maximum absolute atomic E-state index is 12.0. The van der Waals surface area contributed by atoms with Crippen molar-refractivity contribution in [1.82, 2.24) is 10.0 Å². The highest BCUT2D eigenvalue weighted by Crippen LogP contribution is 2.29. The molecule has 1 fully saturated rings. The summed E-state index contributed by atoms with van der Waals surface area (Å²) in [5.41, 5.74) is 0. The van der Waals surface area contributed by atoms with E-state index in [9.17, 15) is 8.42 Å². The van der Waals surface area contributed by atoms with Gasteiger partial charge in [0.2, 0.25) is 10.0 Å². The highest BCUT2D eigenvalue weighted by atomic mass is 32.2. The second kappa shape index (κ2) is 6.14. The summed E-state index contributed by atoms with van der Waals surface area (Å²) >= 11 is 1.47. The van der Waals surface area contributed by atoms with E-state index in [0.717, 1.165) is 17.2 Å². The van der Waals surface area contributed by atoms with Gasteiger partial charge in [-0.05, 0) is 25.5 Å². The average molecular weight is 288 g/mol. The highest BCUT2D eigenvalue weighted by Gasteiger charge is 2.19. The number of rotatable bonds is 7. The number of hydrogen-bond donors (Lipinski definition) is 2. The lowest BCUT2D eigenvalue weighted by molar-refractivity contribution is 0.297. The Balaban J connectivity index is 1.87. The summed E-state index contributed by atoms with van der Waals surface area (Å²) in [6.45, 7) is 1.27. The second-order valence-corrected chi connectivity index (χ2v) is 7.53. The molecule has 1 saturated carbocycles. The van der Waals surface area contributed by atoms with E-state index < -0.39 is 10.0 Å². The van der Waals surface area contributed by atoms with Crippen LogP contribution in [0.25, 0.3) is 0 Å². The number of hydrogen-bond acceptors (Lipinski definition) is 4. The zero-order valence-corrected chi connectivity index (χ0v) is 12.2. The normalized spacial score (nSPS) is 16.7. The SMILES string of the molecule is CNCc1cc(S(=O)(=O)NCCC2CCC2)cs1. The Morgan fingerprint density at radius 3 is 2.83 bits per heavy atom. The smallest absolute Gasteiger partial charge is 0.241 e. The summed E-state index contributed by atoms with van der Waals surface area (Å²) in [6.07, 6.45) is 4.78. The fourth-order valence-electron chi connectivity index (χ4n) is 2.03. The molecule has 102 valence electrons. The van der Waals surface area contributed by atoms with Crippen molar-refractivity contribution in [2.24, 2.45) is 5.92 Å². The van der Waals surface area contributed by atoms with E-state index in [-0.39, 0.29) is 0 Å². The van der Waals surface area contributed by atoms with Crippen LogP contribution >= 0.6 is 11.3 Å². The molecule has 0 atom stereocenters. The minimum absolute atomic E-state index is 0.395. The lowest BCUT2D eigenvalue weighted by Gasteiger charge is -2.24. The Bertz CT molecular complexity index is 478. The molecule has 0 bridgehead atoms. The number of sulfonamides is 1. The van der Waals surface area contributed by atoms with Crippen molar-refractivity contribution in [1.29, 1.82) is 0 Å². The van der Waals surface area contributed by atoms with Gasteiger partial charge in [-0.25, -0.2) is 13.1 Å². The van der Waals surface area contributed by atoms with Crippen LogP contribution in [-0.4, -0.2) is 22.0 Å². The summed E-state index contributed by atoms with van der Waals surface area (Å²) < 4.78 is 26.7. The van der Waals surface area contributed by atoms with Gasteiger partial charge in [0.25, 0.3) is 0 Å². The first-order valence-electron chi connectivity index (χ1n) is 6.33. The summed E-state index contributed by atoms with van der Waals surface area (Å²) in [4.78, 5) is 1.43. The van der Waals surface area contributed by atoms with Crippen LogP contribution in [0.5, 0.6) is 0 Å². The largest absolute Gasteiger partial charge is 0.315 e. The van der Waals surface area contributed by atoms with Gasteiger partial charge >= 0.3 is 0 Å². The molecule has 0 unspecified atom stereocenters. The van der Waals surface area contributed by atoms with Crippen molar-refractivity contribution in [3.8, 4) is 0 Å². The van der Waals surface area contributed by atoms with Crippen LogP contribution in [0, 0.1) is 5.92 Å². The lowest BCUT2D eigenvalue weighted by atomic mass is 9.83. The minimum atomic E-state index is -3.30. The van der Waals surface area contributed by atoms with E-state index in [1.807, 2.05) is 7.05 Å². The minimum Gasteiger partial charge on any atom is -0.315 e. The van der Waals surface area contributed by atoms with Crippen molar-refractivity contribution >= 4 is 21.4 Å². The predicted octanol–water partition coefficient (Wildman–Crippen LogP) is 1.94. The molecule has 1 aromatic heterocycles. The van der Waals surface area contributed by atoms with Gasteiger partial charge in [-0.15, -0.1) is 11.3 Å². The van der Waals surface area contributed by atoms with E-state index >= 15 is 0 Å². The first kappa shape index (κ1) is 14.0. The molecule has 1 aromatic rings. The van der Waals surface area contributed by atoms with E-state index in [1.165, 1.54) is 30.6 Å². The van der Waals surface area contributed by atoms with Crippen molar-refractivity contribution in [3.05, 3.63) is 16.3 Å². The molecular weight excluding hydrogens is 268 g/mol. The summed E-state index contributed by atoms with van der Waals surface area (Å²) in [6, 6.07) is 1.74. The van der Waals surface area contributed by atoms with Crippen LogP contribution in [-0.2, 0) is 16.6 Å². The molecule has 2 rings (SSSR count). The van der Waals surface area contributed by atoms with Gasteiger partial charge in [0, 0.05) is 23.3 Å². The molecule has 0 aromatic carbocycles. The highest BCUT2D eigenvalue weighted by molar-refractivity contribution is 7.89. The average Bonchev–Trinajstić information content (AvgIpc) is 2.72. The third-order valence-electron chi connectivity index (χ3n) is 3.36. The molecule has 1 aliphatic carbocycles. The molecule has 1 heterocycles. The third kappa shape index (κ3) is 3.54. The lowest BCUT2D eigenvalue weighted by Crippen LogP contribution is -2.27. The maximum Gasteiger partial charge on any atom is 0.241 e. The van der Waals surface area contributed by atoms with Crippen LogP contribution < -0.4 is 10.0 Å². The molecule has 0 radical (unpaired) electrons. The predicted molar refractivity (Wildman–Crippen MR) is 74.2 cm³/mol. The maximum atomic E-state index is 12.0. The fourth-order valence-corrected chi connectivity index (χ4v) is 4.37. The number of thiophene rings is 1. The summed E-state index contributed by atoms with van der Waals surface area (Å²) in [5, 5.41) is 4.72. The number of nitrogens with one attached hydrogen (secondary N) is 2. The Labute approximate surface area is 113 Å². The molecule has 0 saturated heterocycles. The van der Waals surface area contributed by atoms with Crippen molar-refractivity contribution in [2.75, 3.05) is 13.6 Å². The molecule has 0 spiro atoms. The molecule has 6 heteroatoms. The zero-order valence-electron chi connectivity index (χ0n) is 10.6. The van der Waals surface area contributed by atoms with Gasteiger partial charge in [0.15, 0.2) is 0 Å². The molecule has 4 nitrogen and oxygen atoms in total. The van der Waals surface area contributed by atoms with E-state index in [2.05, 4.69) is 10.0 Å². The van der Waals surface area contributed by atoms with Gasteiger partial charge < -0.3 is 5.32 Å². The third-order valence-corrected chi connectivity index (χ3v) is 5.89. The topological polar surface area (TPSA) is 58.2 Å². The Morgan fingerprint density at radius 1 is 1.44 bits per heavy atom. The first-order valence-corrected chi connectivity index (χ1v) is 8.70. The summed E-state index contributed by atoms with van der Waals surface area (Å²) in [7, 11) is -1.45. The fraction of sp³-hybridized carbons (Fsp3) is 0.667.